The summed E-state index contributed by atoms with van der Waals surface area (Å²) < 4.78 is 40.0. The molecule has 0 atom stereocenters. The number of aliphatic imine (C=N–C) groups is 1. The van der Waals surface area contributed by atoms with Gasteiger partial charge in [-0.05, 0) is 37.1 Å². The van der Waals surface area contributed by atoms with Crippen LogP contribution < -0.4 is 15.8 Å². The van der Waals surface area contributed by atoms with Crippen molar-refractivity contribution in [3.8, 4) is 5.75 Å². The van der Waals surface area contributed by atoms with E-state index in [1.807, 2.05) is 0 Å². The number of nitrogens with two attached hydrogens (primary N) is 1. The Hall–Kier alpha value is -2.45. The predicted octanol–water partition coefficient (Wildman–Crippen LogP) is 2.32. The van der Waals surface area contributed by atoms with E-state index in [-0.39, 0.29) is 30.6 Å². The highest BCUT2D eigenvalue weighted by Crippen LogP contribution is 2.23. The van der Waals surface area contributed by atoms with E-state index in [1.54, 1.807) is 4.90 Å². The number of amides is 1. The number of ether oxygens (including phenoxy) is 1. The third kappa shape index (κ3) is 5.98. The molecule has 1 saturated heterocycles. The summed E-state index contributed by atoms with van der Waals surface area (Å²) in [5, 5.41) is 2.74. The molecule has 0 spiro atoms. The fraction of sp³-hybridized carbons (Fsp3) is 0.467. The van der Waals surface area contributed by atoms with Crippen LogP contribution in [0.15, 0.2) is 29.3 Å². The molecule has 1 heterocycles. The molecule has 24 heavy (non-hydrogen) atoms. The first-order valence-electron chi connectivity index (χ1n) is 7.54. The zero-order valence-electron chi connectivity index (χ0n) is 13.0. The largest absolute Gasteiger partial charge is 0.573 e. The second kappa shape index (κ2) is 7.89. The highest BCUT2D eigenvalue weighted by molar-refractivity contribution is 5.92. The van der Waals surface area contributed by atoms with Gasteiger partial charge < -0.3 is 20.7 Å². The first-order valence-corrected chi connectivity index (χ1v) is 7.54. The standard InChI is InChI=1S/C15H19F3N4O2/c16-15(17,18)24-12-5-3-11(4-6-12)21-14(19)20-8-7-13(23)22-9-1-2-10-22/h3-6H,1-2,7-10H2,(H3,19,20,21). The van der Waals surface area contributed by atoms with Gasteiger partial charge in [0, 0.05) is 25.2 Å². The minimum atomic E-state index is -4.72. The van der Waals surface area contributed by atoms with E-state index in [9.17, 15) is 18.0 Å². The van der Waals surface area contributed by atoms with Gasteiger partial charge in [-0.1, -0.05) is 0 Å². The zero-order chi connectivity index (χ0) is 17.6. The summed E-state index contributed by atoms with van der Waals surface area (Å²) >= 11 is 0. The topological polar surface area (TPSA) is 80.0 Å². The number of halogens is 3. The van der Waals surface area contributed by atoms with Crippen LogP contribution in [0.25, 0.3) is 0 Å². The van der Waals surface area contributed by atoms with E-state index in [4.69, 9.17) is 5.73 Å². The molecule has 9 heteroatoms. The molecule has 1 aliphatic heterocycles. The van der Waals surface area contributed by atoms with Crippen molar-refractivity contribution in [2.75, 3.05) is 25.0 Å². The number of alkyl halides is 3. The quantitative estimate of drug-likeness (QED) is 0.635. The van der Waals surface area contributed by atoms with Crippen molar-refractivity contribution in [3.63, 3.8) is 0 Å². The Labute approximate surface area is 137 Å². The van der Waals surface area contributed by atoms with Crippen molar-refractivity contribution < 1.29 is 22.7 Å². The van der Waals surface area contributed by atoms with Crippen LogP contribution in [-0.2, 0) is 4.79 Å². The lowest BCUT2D eigenvalue weighted by Gasteiger charge is -2.14. The Morgan fingerprint density at radius 1 is 1.25 bits per heavy atom. The average molecular weight is 344 g/mol. The molecule has 1 aromatic carbocycles. The smallest absolute Gasteiger partial charge is 0.406 e. The summed E-state index contributed by atoms with van der Waals surface area (Å²) in [6.07, 6.45) is -2.38. The van der Waals surface area contributed by atoms with Crippen LogP contribution in [-0.4, -0.2) is 42.8 Å². The lowest BCUT2D eigenvalue weighted by molar-refractivity contribution is -0.274. The van der Waals surface area contributed by atoms with Gasteiger partial charge in [-0.2, -0.15) is 0 Å². The molecule has 1 aliphatic rings. The predicted molar refractivity (Wildman–Crippen MR) is 83.7 cm³/mol. The van der Waals surface area contributed by atoms with E-state index in [0.29, 0.717) is 5.69 Å². The molecule has 0 radical (unpaired) electrons. The SMILES string of the molecule is NC(=NCCC(=O)N1CCCC1)Nc1ccc(OC(F)(F)F)cc1. The van der Waals surface area contributed by atoms with Crippen LogP contribution in [0, 0.1) is 0 Å². The van der Waals surface area contributed by atoms with Gasteiger partial charge in [0.05, 0.1) is 6.54 Å². The first kappa shape index (κ1) is 17.9. The van der Waals surface area contributed by atoms with E-state index in [1.165, 1.54) is 24.3 Å². The first-order chi connectivity index (χ1) is 11.3. The lowest BCUT2D eigenvalue weighted by Crippen LogP contribution is -2.28. The number of anilines is 1. The highest BCUT2D eigenvalue weighted by atomic mass is 19.4. The molecular weight excluding hydrogens is 325 g/mol. The van der Waals surface area contributed by atoms with Crippen molar-refractivity contribution in [1.29, 1.82) is 0 Å². The Kier molecular flexibility index (Phi) is 5.88. The molecule has 0 aliphatic carbocycles. The molecule has 132 valence electrons. The van der Waals surface area contributed by atoms with Gasteiger partial charge in [-0.3, -0.25) is 9.79 Å². The molecule has 0 saturated carbocycles. The van der Waals surface area contributed by atoms with E-state index in [2.05, 4.69) is 15.0 Å². The number of hydrogen-bond acceptors (Lipinski definition) is 3. The number of benzene rings is 1. The maximum absolute atomic E-state index is 12.1. The number of likely N-dealkylation sites (tertiary alicyclic amines) is 1. The number of rotatable bonds is 5. The van der Waals surface area contributed by atoms with E-state index in [0.717, 1.165) is 25.9 Å². The van der Waals surface area contributed by atoms with E-state index >= 15 is 0 Å². The minimum absolute atomic E-state index is 0.0534. The molecule has 1 aromatic rings. The van der Waals surface area contributed by atoms with Crippen LogP contribution >= 0.6 is 0 Å². The minimum Gasteiger partial charge on any atom is -0.406 e. The normalized spacial score (nSPS) is 15.5. The van der Waals surface area contributed by atoms with Crippen LogP contribution in [0.4, 0.5) is 18.9 Å². The Morgan fingerprint density at radius 2 is 1.88 bits per heavy atom. The van der Waals surface area contributed by atoms with Gasteiger partial charge in [-0.15, -0.1) is 13.2 Å². The maximum Gasteiger partial charge on any atom is 0.573 e. The van der Waals surface area contributed by atoms with Crippen LogP contribution in [0.3, 0.4) is 0 Å². The van der Waals surface area contributed by atoms with Crippen molar-refractivity contribution in [2.45, 2.75) is 25.6 Å². The Bertz CT molecular complexity index is 581. The number of guanidine groups is 1. The molecule has 0 unspecified atom stereocenters. The Balaban J connectivity index is 1.78. The summed E-state index contributed by atoms with van der Waals surface area (Å²) in [6, 6.07) is 5.11. The molecule has 2 rings (SSSR count). The van der Waals surface area contributed by atoms with Gasteiger partial charge in [0.2, 0.25) is 5.91 Å². The lowest BCUT2D eigenvalue weighted by atomic mass is 10.3. The van der Waals surface area contributed by atoms with Crippen molar-refractivity contribution in [2.24, 2.45) is 10.7 Å². The van der Waals surface area contributed by atoms with Crippen molar-refractivity contribution in [3.05, 3.63) is 24.3 Å². The molecule has 1 amide bonds. The van der Waals surface area contributed by atoms with Crippen molar-refractivity contribution in [1.82, 2.24) is 4.90 Å². The fourth-order valence-corrected chi connectivity index (χ4v) is 2.32. The molecule has 0 aromatic heterocycles. The van der Waals surface area contributed by atoms with Crippen LogP contribution in [0.1, 0.15) is 19.3 Å². The molecule has 6 nitrogen and oxygen atoms in total. The van der Waals surface area contributed by atoms with E-state index < -0.39 is 6.36 Å². The third-order valence-corrected chi connectivity index (χ3v) is 3.43. The average Bonchev–Trinajstić information content (AvgIpc) is 3.02. The third-order valence-electron chi connectivity index (χ3n) is 3.43. The summed E-state index contributed by atoms with van der Waals surface area (Å²) in [4.78, 5) is 17.7. The summed E-state index contributed by atoms with van der Waals surface area (Å²) in [5.41, 5.74) is 6.16. The summed E-state index contributed by atoms with van der Waals surface area (Å²) in [5.74, 6) is -0.175. The summed E-state index contributed by atoms with van der Waals surface area (Å²) in [7, 11) is 0. The number of carbonyl (C=O) groups excluding carboxylic acids is 1. The number of nitrogens with one attached hydrogen (secondary N) is 1. The monoisotopic (exact) mass is 344 g/mol. The highest BCUT2D eigenvalue weighted by Gasteiger charge is 2.30. The second-order valence-corrected chi connectivity index (χ2v) is 5.30. The number of nitrogens with zero attached hydrogens (tertiary/aromatic N) is 2. The molecule has 0 bridgehead atoms. The fourth-order valence-electron chi connectivity index (χ4n) is 2.32. The van der Waals surface area contributed by atoms with Crippen LogP contribution in [0.5, 0.6) is 5.75 Å². The van der Waals surface area contributed by atoms with Gasteiger partial charge in [0.1, 0.15) is 5.75 Å². The van der Waals surface area contributed by atoms with Gasteiger partial charge in [0.15, 0.2) is 5.96 Å². The number of hydrogen-bond donors (Lipinski definition) is 2. The molecular formula is C15H19F3N4O2. The second-order valence-electron chi connectivity index (χ2n) is 5.30. The van der Waals surface area contributed by atoms with Crippen LogP contribution in [0.2, 0.25) is 0 Å². The van der Waals surface area contributed by atoms with Gasteiger partial charge in [0.25, 0.3) is 0 Å². The van der Waals surface area contributed by atoms with Crippen molar-refractivity contribution >= 4 is 17.6 Å². The number of carbonyl (C=O) groups is 1. The molecule has 3 N–H and O–H groups in total. The summed E-state index contributed by atoms with van der Waals surface area (Å²) in [6.45, 7) is 1.84. The molecule has 1 fully saturated rings. The van der Waals surface area contributed by atoms with Gasteiger partial charge in [-0.25, -0.2) is 0 Å². The van der Waals surface area contributed by atoms with Gasteiger partial charge >= 0.3 is 6.36 Å². The maximum atomic E-state index is 12.1. The Morgan fingerprint density at radius 3 is 2.46 bits per heavy atom. The zero-order valence-corrected chi connectivity index (χ0v) is 13.0.